The zero-order chi connectivity index (χ0) is 17.1. The smallest absolute Gasteiger partial charge is 0.258 e. The third-order valence-corrected chi connectivity index (χ3v) is 3.73. The first-order valence-electron chi connectivity index (χ1n) is 7.93. The summed E-state index contributed by atoms with van der Waals surface area (Å²) in [4.78, 5) is 24.9. The lowest BCUT2D eigenvalue weighted by Gasteiger charge is -2.11. The van der Waals surface area contributed by atoms with Crippen LogP contribution in [0.25, 0.3) is 10.8 Å². The minimum atomic E-state index is -0.173. The highest BCUT2D eigenvalue weighted by Crippen LogP contribution is 2.19. The molecule has 0 radical (unpaired) electrons. The molecule has 3 aromatic rings. The molecule has 0 saturated carbocycles. The van der Waals surface area contributed by atoms with E-state index in [1.165, 1.54) is 4.57 Å². The number of rotatable bonds is 5. The van der Waals surface area contributed by atoms with Gasteiger partial charge in [0.05, 0.1) is 12.6 Å². The minimum absolute atomic E-state index is 0.0308. The average Bonchev–Trinajstić information content (AvgIpc) is 2.57. The van der Waals surface area contributed by atoms with E-state index < -0.39 is 0 Å². The number of ether oxygens (including phenoxy) is 1. The molecule has 0 unspecified atom stereocenters. The van der Waals surface area contributed by atoms with Gasteiger partial charge in [0, 0.05) is 17.1 Å². The van der Waals surface area contributed by atoms with Crippen molar-refractivity contribution in [3.05, 3.63) is 76.7 Å². The van der Waals surface area contributed by atoms with Crippen LogP contribution in [-0.4, -0.2) is 16.5 Å². The second-order valence-electron chi connectivity index (χ2n) is 5.95. The standard InChI is InChI=1S/C20H19NO3/c1-14(2)24-17-8-9-18-16(12-17)10-11-21(20(18)23)13-19(22)15-6-4-3-5-7-15/h3-12,14H,13H2,1-2H3. The summed E-state index contributed by atoms with van der Waals surface area (Å²) in [5.74, 6) is 0.645. The topological polar surface area (TPSA) is 48.3 Å². The number of hydrogen-bond acceptors (Lipinski definition) is 3. The number of ketones is 1. The van der Waals surface area contributed by atoms with Crippen LogP contribution in [0.5, 0.6) is 5.75 Å². The lowest BCUT2D eigenvalue weighted by molar-refractivity contribution is 0.0971. The van der Waals surface area contributed by atoms with Gasteiger partial charge < -0.3 is 9.30 Å². The second-order valence-corrected chi connectivity index (χ2v) is 5.95. The summed E-state index contributed by atoms with van der Waals surface area (Å²) < 4.78 is 7.10. The van der Waals surface area contributed by atoms with E-state index in [1.54, 1.807) is 30.5 Å². The number of hydrogen-bond donors (Lipinski definition) is 0. The van der Waals surface area contributed by atoms with Gasteiger partial charge in [0.2, 0.25) is 0 Å². The number of aromatic nitrogens is 1. The van der Waals surface area contributed by atoms with Crippen LogP contribution in [0.15, 0.2) is 65.6 Å². The van der Waals surface area contributed by atoms with Gasteiger partial charge in [0.25, 0.3) is 5.56 Å². The van der Waals surface area contributed by atoms with Gasteiger partial charge in [-0.05, 0) is 43.5 Å². The number of nitrogens with zero attached hydrogens (tertiary/aromatic N) is 1. The van der Waals surface area contributed by atoms with Gasteiger partial charge in [-0.3, -0.25) is 9.59 Å². The molecule has 0 atom stereocenters. The first-order valence-corrected chi connectivity index (χ1v) is 7.93. The zero-order valence-corrected chi connectivity index (χ0v) is 13.7. The Morgan fingerprint density at radius 3 is 2.54 bits per heavy atom. The molecule has 0 amide bonds. The summed E-state index contributed by atoms with van der Waals surface area (Å²) in [5.41, 5.74) is 0.429. The fraction of sp³-hybridized carbons (Fsp3) is 0.200. The lowest BCUT2D eigenvalue weighted by atomic mass is 10.1. The molecule has 0 aliphatic heterocycles. The van der Waals surface area contributed by atoms with E-state index in [9.17, 15) is 9.59 Å². The second kappa shape index (κ2) is 6.71. The van der Waals surface area contributed by atoms with E-state index in [1.807, 2.05) is 44.2 Å². The van der Waals surface area contributed by atoms with Gasteiger partial charge >= 0.3 is 0 Å². The van der Waals surface area contributed by atoms with E-state index in [4.69, 9.17) is 4.74 Å². The van der Waals surface area contributed by atoms with Gasteiger partial charge in [0.1, 0.15) is 5.75 Å². The Morgan fingerprint density at radius 1 is 1.08 bits per heavy atom. The van der Waals surface area contributed by atoms with Gasteiger partial charge in [-0.1, -0.05) is 30.3 Å². The number of fused-ring (bicyclic) bond motifs is 1. The maximum atomic E-state index is 12.6. The van der Waals surface area contributed by atoms with E-state index in [0.717, 1.165) is 11.1 Å². The molecule has 0 bridgehead atoms. The monoisotopic (exact) mass is 321 g/mol. The van der Waals surface area contributed by atoms with E-state index in [-0.39, 0.29) is 24.0 Å². The van der Waals surface area contributed by atoms with Crippen molar-refractivity contribution in [2.45, 2.75) is 26.5 Å². The molecule has 0 aliphatic rings. The van der Waals surface area contributed by atoms with Gasteiger partial charge in [0.15, 0.2) is 5.78 Å². The van der Waals surface area contributed by atoms with Crippen LogP contribution in [-0.2, 0) is 6.54 Å². The molecule has 1 aromatic heterocycles. The van der Waals surface area contributed by atoms with Gasteiger partial charge in [-0.2, -0.15) is 0 Å². The summed E-state index contributed by atoms with van der Waals surface area (Å²) in [7, 11) is 0. The number of pyridine rings is 1. The van der Waals surface area contributed by atoms with Crippen molar-refractivity contribution in [3.8, 4) is 5.75 Å². The Balaban J connectivity index is 1.92. The molecular weight excluding hydrogens is 302 g/mol. The Hall–Kier alpha value is -2.88. The molecule has 0 fully saturated rings. The van der Waals surface area contributed by atoms with Crippen molar-refractivity contribution < 1.29 is 9.53 Å². The molecule has 122 valence electrons. The van der Waals surface area contributed by atoms with Gasteiger partial charge in [-0.25, -0.2) is 0 Å². The van der Waals surface area contributed by atoms with Crippen LogP contribution in [0, 0.1) is 0 Å². The normalized spacial score (nSPS) is 11.0. The number of benzene rings is 2. The highest BCUT2D eigenvalue weighted by molar-refractivity contribution is 5.96. The highest BCUT2D eigenvalue weighted by atomic mass is 16.5. The Labute approximate surface area is 140 Å². The molecule has 4 nitrogen and oxygen atoms in total. The van der Waals surface area contributed by atoms with Crippen LogP contribution in [0.4, 0.5) is 0 Å². The molecule has 0 N–H and O–H groups in total. The quantitative estimate of drug-likeness (QED) is 0.674. The molecule has 24 heavy (non-hydrogen) atoms. The molecule has 3 rings (SSSR count). The van der Waals surface area contributed by atoms with Crippen LogP contribution in [0.1, 0.15) is 24.2 Å². The van der Waals surface area contributed by atoms with Crippen molar-refractivity contribution in [1.29, 1.82) is 0 Å². The molecule has 0 aliphatic carbocycles. The molecular formula is C20H19NO3. The summed E-state index contributed by atoms with van der Waals surface area (Å²) in [6.45, 7) is 3.94. The zero-order valence-electron chi connectivity index (χ0n) is 13.7. The summed E-state index contributed by atoms with van der Waals surface area (Å²) >= 11 is 0. The Morgan fingerprint density at radius 2 is 1.83 bits per heavy atom. The molecule has 1 heterocycles. The summed E-state index contributed by atoms with van der Waals surface area (Å²) in [6, 6.07) is 16.2. The Kier molecular flexibility index (Phi) is 4.47. The van der Waals surface area contributed by atoms with Gasteiger partial charge in [-0.15, -0.1) is 0 Å². The minimum Gasteiger partial charge on any atom is -0.491 e. The highest BCUT2D eigenvalue weighted by Gasteiger charge is 2.10. The van der Waals surface area contributed by atoms with E-state index in [0.29, 0.717) is 10.9 Å². The predicted octanol–water partition coefficient (Wildman–Crippen LogP) is 3.67. The average molecular weight is 321 g/mol. The van der Waals surface area contributed by atoms with Crippen LogP contribution < -0.4 is 10.3 Å². The SMILES string of the molecule is CC(C)Oc1ccc2c(=O)n(CC(=O)c3ccccc3)ccc2c1. The third-order valence-electron chi connectivity index (χ3n) is 3.73. The molecule has 2 aromatic carbocycles. The first-order chi connectivity index (χ1) is 11.5. The van der Waals surface area contributed by atoms with Crippen molar-refractivity contribution >= 4 is 16.6 Å². The third kappa shape index (κ3) is 3.38. The first kappa shape index (κ1) is 16.0. The largest absolute Gasteiger partial charge is 0.491 e. The van der Waals surface area contributed by atoms with Crippen LogP contribution in [0.3, 0.4) is 0 Å². The summed E-state index contributed by atoms with van der Waals surface area (Å²) in [5, 5.41) is 1.39. The molecule has 0 saturated heterocycles. The van der Waals surface area contributed by atoms with Crippen molar-refractivity contribution in [3.63, 3.8) is 0 Å². The van der Waals surface area contributed by atoms with Crippen molar-refractivity contribution in [2.75, 3.05) is 0 Å². The molecule has 0 spiro atoms. The van der Waals surface area contributed by atoms with E-state index >= 15 is 0 Å². The Bertz CT molecular complexity index is 927. The summed E-state index contributed by atoms with van der Waals surface area (Å²) in [6.07, 6.45) is 1.73. The predicted molar refractivity (Wildman–Crippen MR) is 94.7 cm³/mol. The number of carbonyl (C=O) groups is 1. The maximum Gasteiger partial charge on any atom is 0.258 e. The number of carbonyl (C=O) groups excluding carboxylic acids is 1. The molecule has 4 heteroatoms. The maximum absolute atomic E-state index is 12.6. The lowest BCUT2D eigenvalue weighted by Crippen LogP contribution is -2.23. The fourth-order valence-electron chi connectivity index (χ4n) is 2.61. The van der Waals surface area contributed by atoms with Crippen molar-refractivity contribution in [2.24, 2.45) is 0 Å². The van der Waals surface area contributed by atoms with E-state index in [2.05, 4.69) is 0 Å². The van der Waals surface area contributed by atoms with Crippen LogP contribution in [0.2, 0.25) is 0 Å². The van der Waals surface area contributed by atoms with Crippen LogP contribution >= 0.6 is 0 Å². The number of Topliss-reactive ketones (excluding diaryl/α,β-unsaturated/α-hetero) is 1. The van der Waals surface area contributed by atoms with Crippen molar-refractivity contribution in [1.82, 2.24) is 4.57 Å². The fourth-order valence-corrected chi connectivity index (χ4v) is 2.61.